The molecule has 0 spiro atoms. The molecule has 0 bridgehead atoms. The van der Waals surface area contributed by atoms with Gasteiger partial charge < -0.3 is 33.8 Å². The second kappa shape index (κ2) is 64.7. The molecule has 19 heteroatoms. The quantitative estimate of drug-likeness (QED) is 0.0222. The van der Waals surface area contributed by atoms with Crippen LogP contribution in [0, 0.1) is 17.8 Å². The van der Waals surface area contributed by atoms with Crippen LogP contribution in [0.1, 0.15) is 376 Å². The summed E-state index contributed by atoms with van der Waals surface area (Å²) in [5.41, 5.74) is 0. The van der Waals surface area contributed by atoms with Crippen molar-refractivity contribution in [2.24, 2.45) is 17.8 Å². The molecular weight excluding hydrogens is 1220 g/mol. The number of hydrogen-bond donors (Lipinski definition) is 3. The van der Waals surface area contributed by atoms with Gasteiger partial charge in [0.15, 0.2) is 12.2 Å². The van der Waals surface area contributed by atoms with Crippen LogP contribution < -0.4 is 0 Å². The van der Waals surface area contributed by atoms with E-state index in [2.05, 4.69) is 48.5 Å². The zero-order valence-corrected chi connectivity index (χ0v) is 62.5. The van der Waals surface area contributed by atoms with Crippen molar-refractivity contribution in [1.29, 1.82) is 0 Å². The summed E-state index contributed by atoms with van der Waals surface area (Å²) in [7, 11) is -9.90. The maximum Gasteiger partial charge on any atom is 0.472 e. The maximum absolute atomic E-state index is 13.1. The zero-order chi connectivity index (χ0) is 68.7. The van der Waals surface area contributed by atoms with Crippen LogP contribution in [-0.4, -0.2) is 96.7 Å². The van der Waals surface area contributed by atoms with Crippen LogP contribution in [0.5, 0.6) is 0 Å². The summed E-state index contributed by atoms with van der Waals surface area (Å²) in [5, 5.41) is 10.6. The Kier molecular flexibility index (Phi) is 63.4. The first-order chi connectivity index (χ1) is 44.8. The number of rotatable bonds is 72. The van der Waals surface area contributed by atoms with E-state index in [9.17, 15) is 43.2 Å². The molecule has 0 saturated carbocycles. The third kappa shape index (κ3) is 65.8. The molecule has 552 valence electrons. The highest BCUT2D eigenvalue weighted by Crippen LogP contribution is 2.45. The van der Waals surface area contributed by atoms with Gasteiger partial charge in [0.05, 0.1) is 26.4 Å². The molecule has 0 amide bonds. The van der Waals surface area contributed by atoms with E-state index in [0.29, 0.717) is 25.7 Å². The van der Waals surface area contributed by atoms with E-state index in [-0.39, 0.29) is 25.7 Å². The molecule has 0 heterocycles. The summed E-state index contributed by atoms with van der Waals surface area (Å²) in [5.74, 6) is 0.278. The average Bonchev–Trinajstić information content (AvgIpc) is 1.67. The van der Waals surface area contributed by atoms with E-state index in [4.69, 9.17) is 37.0 Å². The van der Waals surface area contributed by atoms with Crippen molar-refractivity contribution in [3.8, 4) is 0 Å². The molecule has 0 aromatic heterocycles. The molecule has 17 nitrogen and oxygen atoms in total. The van der Waals surface area contributed by atoms with Gasteiger partial charge in [-0.05, 0) is 43.4 Å². The SMILES string of the molecule is CCCCCCCC(=O)OC[C@H](COP(=O)(O)OC[C@H](O)COP(=O)(O)OC[C@@H](COC(=O)CCCCCCCCCCCCCC(C)C)OC(=O)CCCCCCCCCCCCCCCCCCCCC(C)CC)OC(=O)CCCCCCCCCCC(C)CC. The smallest absolute Gasteiger partial charge is 0.462 e. The number of ether oxygens (including phenoxy) is 4. The average molecular weight is 1370 g/mol. The van der Waals surface area contributed by atoms with Crippen molar-refractivity contribution in [2.45, 2.75) is 394 Å². The van der Waals surface area contributed by atoms with Gasteiger partial charge in [-0.25, -0.2) is 9.13 Å². The summed E-state index contributed by atoms with van der Waals surface area (Å²) in [6, 6.07) is 0. The van der Waals surface area contributed by atoms with Crippen molar-refractivity contribution < 1.29 is 80.2 Å². The fraction of sp³-hybridized carbons (Fsp3) is 0.946. The molecular formula is C74H144O17P2. The van der Waals surface area contributed by atoms with Gasteiger partial charge in [0, 0.05) is 25.7 Å². The van der Waals surface area contributed by atoms with Crippen LogP contribution in [0.3, 0.4) is 0 Å². The van der Waals surface area contributed by atoms with Crippen molar-refractivity contribution in [1.82, 2.24) is 0 Å². The predicted molar refractivity (Wildman–Crippen MR) is 377 cm³/mol. The summed E-state index contributed by atoms with van der Waals surface area (Å²) in [6.45, 7) is 11.9. The zero-order valence-electron chi connectivity index (χ0n) is 60.7. The van der Waals surface area contributed by atoms with Gasteiger partial charge in [-0.15, -0.1) is 0 Å². The fourth-order valence-corrected chi connectivity index (χ4v) is 12.8. The largest absolute Gasteiger partial charge is 0.472 e. The number of aliphatic hydroxyl groups is 1. The molecule has 7 atom stereocenters. The number of carbonyl (C=O) groups is 4. The first-order valence-electron chi connectivity index (χ1n) is 38.4. The molecule has 93 heavy (non-hydrogen) atoms. The van der Waals surface area contributed by atoms with Gasteiger partial charge in [0.2, 0.25) is 0 Å². The first-order valence-corrected chi connectivity index (χ1v) is 41.4. The van der Waals surface area contributed by atoms with Crippen LogP contribution in [0.4, 0.5) is 0 Å². The number of esters is 4. The van der Waals surface area contributed by atoms with Crippen LogP contribution in [0.15, 0.2) is 0 Å². The molecule has 0 aromatic carbocycles. The lowest BCUT2D eigenvalue weighted by Gasteiger charge is -2.21. The third-order valence-electron chi connectivity index (χ3n) is 17.9. The van der Waals surface area contributed by atoms with Crippen LogP contribution >= 0.6 is 15.6 Å². The van der Waals surface area contributed by atoms with Crippen LogP contribution in [-0.2, 0) is 65.4 Å². The Morgan fingerprint density at radius 3 is 0.817 bits per heavy atom. The van der Waals surface area contributed by atoms with Gasteiger partial charge in [-0.2, -0.15) is 0 Å². The van der Waals surface area contributed by atoms with Crippen LogP contribution in [0.2, 0.25) is 0 Å². The summed E-state index contributed by atoms with van der Waals surface area (Å²) in [4.78, 5) is 72.4. The molecule has 4 unspecified atom stereocenters. The van der Waals surface area contributed by atoms with Crippen molar-refractivity contribution in [3.05, 3.63) is 0 Å². The van der Waals surface area contributed by atoms with E-state index >= 15 is 0 Å². The summed E-state index contributed by atoms with van der Waals surface area (Å²) < 4.78 is 68.2. The normalized spacial score (nSPS) is 14.7. The number of hydrogen-bond acceptors (Lipinski definition) is 15. The lowest BCUT2D eigenvalue weighted by atomic mass is 9.99. The minimum absolute atomic E-state index is 0.104. The molecule has 0 aliphatic carbocycles. The lowest BCUT2D eigenvalue weighted by Crippen LogP contribution is -2.30. The Labute approximate surface area is 568 Å². The fourth-order valence-electron chi connectivity index (χ4n) is 11.2. The second-order valence-electron chi connectivity index (χ2n) is 27.6. The Balaban J connectivity index is 5.12. The minimum atomic E-state index is -4.95. The van der Waals surface area contributed by atoms with Crippen molar-refractivity contribution in [3.63, 3.8) is 0 Å². The highest BCUT2D eigenvalue weighted by molar-refractivity contribution is 7.47. The van der Waals surface area contributed by atoms with Crippen molar-refractivity contribution >= 4 is 39.5 Å². The van der Waals surface area contributed by atoms with E-state index in [0.717, 1.165) is 114 Å². The van der Waals surface area contributed by atoms with Gasteiger partial charge in [0.1, 0.15) is 19.3 Å². The van der Waals surface area contributed by atoms with Gasteiger partial charge in [-0.1, -0.05) is 325 Å². The van der Waals surface area contributed by atoms with E-state index < -0.39 is 97.5 Å². The molecule has 0 aromatic rings. The molecule has 0 radical (unpaired) electrons. The molecule has 3 N–H and O–H groups in total. The second-order valence-corrected chi connectivity index (χ2v) is 30.6. The topological polar surface area (TPSA) is 237 Å². The van der Waals surface area contributed by atoms with E-state index in [1.807, 2.05) is 0 Å². The molecule has 0 saturated heterocycles. The number of aliphatic hydroxyl groups excluding tert-OH is 1. The predicted octanol–water partition coefficient (Wildman–Crippen LogP) is 21.4. The third-order valence-corrected chi connectivity index (χ3v) is 19.8. The Morgan fingerprint density at radius 1 is 0.312 bits per heavy atom. The maximum atomic E-state index is 13.1. The Bertz CT molecular complexity index is 1820. The molecule has 0 fully saturated rings. The van der Waals surface area contributed by atoms with Crippen LogP contribution in [0.25, 0.3) is 0 Å². The van der Waals surface area contributed by atoms with E-state index in [1.54, 1.807) is 0 Å². The molecule has 0 rings (SSSR count). The van der Waals surface area contributed by atoms with Gasteiger partial charge in [-0.3, -0.25) is 37.3 Å². The highest BCUT2D eigenvalue weighted by atomic mass is 31.2. The summed E-state index contributed by atoms with van der Waals surface area (Å²) in [6.07, 6.45) is 50.4. The number of phosphoric ester groups is 2. The Hall–Kier alpha value is -1.94. The first kappa shape index (κ1) is 91.1. The highest BCUT2D eigenvalue weighted by Gasteiger charge is 2.30. The monoisotopic (exact) mass is 1370 g/mol. The minimum Gasteiger partial charge on any atom is -0.462 e. The van der Waals surface area contributed by atoms with Gasteiger partial charge >= 0.3 is 39.5 Å². The molecule has 0 aliphatic heterocycles. The number of unbranched alkanes of at least 4 members (excludes halogenated alkanes) is 38. The Morgan fingerprint density at radius 2 is 0.548 bits per heavy atom. The number of carbonyl (C=O) groups excluding carboxylic acids is 4. The summed E-state index contributed by atoms with van der Waals surface area (Å²) >= 11 is 0. The van der Waals surface area contributed by atoms with Gasteiger partial charge in [0.25, 0.3) is 0 Å². The van der Waals surface area contributed by atoms with Crippen molar-refractivity contribution in [2.75, 3.05) is 39.6 Å². The lowest BCUT2D eigenvalue weighted by molar-refractivity contribution is -0.161. The molecule has 0 aliphatic rings. The number of phosphoric acid groups is 2. The van der Waals surface area contributed by atoms with E-state index in [1.165, 1.54) is 180 Å². The standard InChI is InChI=1S/C74H144O17P2/c1-8-11-12-38-48-55-71(76)84-61-69(90-74(79)58-51-44-37-31-30-34-41-47-54-67(7)10-3)63-88-92(80,81)86-59-68(75)60-87-93(82,83)89-64-70(62-85-72(77)56-49-42-35-28-25-21-22-26-32-39-45-52-65(4)5)91-73(78)57-50-43-36-29-24-20-18-16-14-13-15-17-19-23-27-33-40-46-53-66(6)9-2/h65-70,75H,8-64H2,1-7H3,(H,80,81)(H,82,83)/t66?,67?,68-,69+,70+/m0/s1.